The van der Waals surface area contributed by atoms with Gasteiger partial charge in [0.2, 0.25) is 0 Å². The summed E-state index contributed by atoms with van der Waals surface area (Å²) in [6, 6.07) is 1.67. The van der Waals surface area contributed by atoms with E-state index < -0.39 is 17.9 Å². The van der Waals surface area contributed by atoms with Gasteiger partial charge in [0.25, 0.3) is 0 Å². The van der Waals surface area contributed by atoms with Gasteiger partial charge in [-0.15, -0.1) is 0 Å². The highest BCUT2D eigenvalue weighted by Crippen LogP contribution is 2.30. The molecule has 0 aliphatic rings. The second kappa shape index (κ2) is 3.74. The fourth-order valence-corrected chi connectivity index (χ4v) is 1.27. The zero-order valence-corrected chi connectivity index (χ0v) is 8.02. The number of nitrogens with two attached hydrogens (primary N) is 1. The number of hydrogen-bond acceptors (Lipinski definition) is 2. The van der Waals surface area contributed by atoms with Crippen molar-refractivity contribution in [3.05, 3.63) is 28.5 Å². The van der Waals surface area contributed by atoms with Gasteiger partial charge in [0.1, 0.15) is 10.8 Å². The molecule has 0 saturated carbocycles. The third-order valence-corrected chi connectivity index (χ3v) is 1.96. The molecule has 6 heteroatoms. The van der Waals surface area contributed by atoms with E-state index in [1.54, 1.807) is 6.92 Å². The summed E-state index contributed by atoms with van der Waals surface area (Å²) in [6.07, 6.45) is -4.47. The van der Waals surface area contributed by atoms with Gasteiger partial charge >= 0.3 is 6.18 Å². The summed E-state index contributed by atoms with van der Waals surface area (Å²) in [6.45, 7) is 1.62. The molecule has 0 fully saturated rings. The predicted octanol–water partition coefficient (Wildman–Crippen LogP) is 2.77. The van der Waals surface area contributed by atoms with Gasteiger partial charge < -0.3 is 5.73 Å². The van der Waals surface area contributed by atoms with Crippen molar-refractivity contribution in [3.8, 4) is 0 Å². The van der Waals surface area contributed by atoms with Crippen LogP contribution in [0.15, 0.2) is 12.1 Å². The Morgan fingerprint density at radius 2 is 2.00 bits per heavy atom. The third-order valence-electron chi connectivity index (χ3n) is 1.66. The Bertz CT molecular complexity index is 336. The lowest BCUT2D eigenvalue weighted by atomic mass is 10.1. The van der Waals surface area contributed by atoms with Crippen LogP contribution in [-0.2, 0) is 6.18 Å². The van der Waals surface area contributed by atoms with Gasteiger partial charge in [0, 0.05) is 11.6 Å². The lowest BCUT2D eigenvalue weighted by Crippen LogP contribution is -2.11. The summed E-state index contributed by atoms with van der Waals surface area (Å²) < 4.78 is 36.4. The lowest BCUT2D eigenvalue weighted by Gasteiger charge is -2.10. The summed E-state index contributed by atoms with van der Waals surface area (Å²) in [5.74, 6) is 0. The van der Waals surface area contributed by atoms with Crippen LogP contribution >= 0.6 is 11.6 Å². The number of aromatic nitrogens is 1. The maximum atomic E-state index is 12.1. The fraction of sp³-hybridized carbons (Fsp3) is 0.375. The lowest BCUT2D eigenvalue weighted by molar-refractivity contribution is -0.141. The number of halogens is 4. The molecule has 2 N–H and O–H groups in total. The standard InChI is InChI=1S/C8H8ClF3N2/c1-4(13)5-2-3-6(8(10,11)12)14-7(5)9/h2-4H,13H2,1H3/t4-/m1/s1. The van der Waals surface area contributed by atoms with Crippen LogP contribution in [0.2, 0.25) is 5.15 Å². The molecule has 0 unspecified atom stereocenters. The second-order valence-electron chi connectivity index (χ2n) is 2.86. The highest BCUT2D eigenvalue weighted by atomic mass is 35.5. The molecule has 1 aromatic heterocycles. The normalized spacial score (nSPS) is 14.1. The van der Waals surface area contributed by atoms with Gasteiger partial charge in [-0.25, -0.2) is 4.98 Å². The van der Waals surface area contributed by atoms with E-state index in [0.717, 1.165) is 6.07 Å². The van der Waals surface area contributed by atoms with Crippen molar-refractivity contribution in [1.29, 1.82) is 0 Å². The van der Waals surface area contributed by atoms with Crippen molar-refractivity contribution in [3.63, 3.8) is 0 Å². The number of alkyl halides is 3. The van der Waals surface area contributed by atoms with Crippen LogP contribution in [0, 0.1) is 0 Å². The molecule has 14 heavy (non-hydrogen) atoms. The third kappa shape index (κ3) is 2.36. The predicted molar refractivity (Wildman–Crippen MR) is 46.9 cm³/mol. The molecular formula is C8H8ClF3N2. The Kier molecular flexibility index (Phi) is 3.01. The van der Waals surface area contributed by atoms with E-state index in [1.165, 1.54) is 6.07 Å². The Morgan fingerprint density at radius 3 is 2.36 bits per heavy atom. The van der Waals surface area contributed by atoms with E-state index in [9.17, 15) is 13.2 Å². The smallest absolute Gasteiger partial charge is 0.324 e. The molecule has 0 radical (unpaired) electrons. The Balaban J connectivity index is 3.13. The number of rotatable bonds is 1. The van der Waals surface area contributed by atoms with Crippen molar-refractivity contribution >= 4 is 11.6 Å². The highest BCUT2D eigenvalue weighted by Gasteiger charge is 2.33. The molecule has 1 heterocycles. The molecular weight excluding hydrogens is 217 g/mol. The van der Waals surface area contributed by atoms with Gasteiger partial charge in [-0.1, -0.05) is 17.7 Å². The van der Waals surface area contributed by atoms with Crippen LogP contribution in [0.4, 0.5) is 13.2 Å². The summed E-state index contributed by atoms with van der Waals surface area (Å²) in [5, 5.41) is -0.199. The summed E-state index contributed by atoms with van der Waals surface area (Å²) >= 11 is 5.54. The topological polar surface area (TPSA) is 38.9 Å². The first-order valence-electron chi connectivity index (χ1n) is 3.81. The maximum Gasteiger partial charge on any atom is 0.433 e. The molecule has 0 spiro atoms. The molecule has 0 aliphatic heterocycles. The molecule has 1 rings (SSSR count). The van der Waals surface area contributed by atoms with Gasteiger partial charge in [0.05, 0.1) is 0 Å². The van der Waals surface area contributed by atoms with E-state index >= 15 is 0 Å². The summed E-state index contributed by atoms with van der Waals surface area (Å²) in [7, 11) is 0. The minimum Gasteiger partial charge on any atom is -0.324 e. The van der Waals surface area contributed by atoms with Crippen molar-refractivity contribution < 1.29 is 13.2 Å². The summed E-state index contributed by atoms with van der Waals surface area (Å²) in [5.41, 5.74) is 4.86. The fourth-order valence-electron chi connectivity index (χ4n) is 0.943. The van der Waals surface area contributed by atoms with Crippen LogP contribution in [0.1, 0.15) is 24.2 Å². The van der Waals surface area contributed by atoms with Crippen LogP contribution in [-0.4, -0.2) is 4.98 Å². The molecule has 0 saturated heterocycles. The van der Waals surface area contributed by atoms with Crippen molar-refractivity contribution in [2.75, 3.05) is 0 Å². The van der Waals surface area contributed by atoms with Crippen molar-refractivity contribution in [2.24, 2.45) is 5.73 Å². The van der Waals surface area contributed by atoms with Crippen LogP contribution < -0.4 is 5.73 Å². The number of hydrogen-bond donors (Lipinski definition) is 1. The van der Waals surface area contributed by atoms with Gasteiger partial charge in [0.15, 0.2) is 0 Å². The van der Waals surface area contributed by atoms with Crippen LogP contribution in [0.25, 0.3) is 0 Å². The molecule has 1 aromatic rings. The largest absolute Gasteiger partial charge is 0.433 e. The Hall–Kier alpha value is -0.810. The molecule has 2 nitrogen and oxygen atoms in total. The SMILES string of the molecule is C[C@@H](N)c1ccc(C(F)(F)F)nc1Cl. The Labute approximate surface area is 83.9 Å². The van der Waals surface area contributed by atoms with E-state index in [1.807, 2.05) is 0 Å². The van der Waals surface area contributed by atoms with E-state index in [4.69, 9.17) is 17.3 Å². The van der Waals surface area contributed by atoms with Gasteiger partial charge in [-0.2, -0.15) is 13.2 Å². The van der Waals surface area contributed by atoms with Crippen molar-refractivity contribution in [2.45, 2.75) is 19.1 Å². The molecule has 78 valence electrons. The molecule has 0 aliphatic carbocycles. The zero-order valence-electron chi connectivity index (χ0n) is 7.27. The Morgan fingerprint density at radius 1 is 1.43 bits per heavy atom. The van der Waals surface area contributed by atoms with Crippen LogP contribution in [0.5, 0.6) is 0 Å². The number of pyridine rings is 1. The van der Waals surface area contributed by atoms with Gasteiger partial charge in [-0.3, -0.25) is 0 Å². The quantitative estimate of drug-likeness (QED) is 0.745. The first kappa shape index (κ1) is 11.3. The van der Waals surface area contributed by atoms with E-state index in [0.29, 0.717) is 5.56 Å². The average Bonchev–Trinajstić information content (AvgIpc) is 2.01. The maximum absolute atomic E-state index is 12.1. The van der Waals surface area contributed by atoms with Crippen LogP contribution in [0.3, 0.4) is 0 Å². The molecule has 0 amide bonds. The highest BCUT2D eigenvalue weighted by molar-refractivity contribution is 6.30. The molecule has 0 bridgehead atoms. The average molecular weight is 225 g/mol. The zero-order chi connectivity index (χ0) is 10.9. The minimum absolute atomic E-state index is 0.199. The first-order chi connectivity index (χ1) is 6.32. The molecule has 0 aromatic carbocycles. The number of nitrogens with zero attached hydrogens (tertiary/aromatic N) is 1. The van der Waals surface area contributed by atoms with E-state index in [2.05, 4.69) is 4.98 Å². The monoisotopic (exact) mass is 224 g/mol. The minimum atomic E-state index is -4.47. The first-order valence-corrected chi connectivity index (χ1v) is 4.19. The van der Waals surface area contributed by atoms with Crippen molar-refractivity contribution in [1.82, 2.24) is 4.98 Å². The summed E-state index contributed by atoms with van der Waals surface area (Å²) in [4.78, 5) is 3.23. The van der Waals surface area contributed by atoms with Gasteiger partial charge in [-0.05, 0) is 13.0 Å². The van der Waals surface area contributed by atoms with E-state index in [-0.39, 0.29) is 5.15 Å². The molecule has 1 atom stereocenters. The second-order valence-corrected chi connectivity index (χ2v) is 3.22.